The molecule has 0 bridgehead atoms. The average Bonchev–Trinajstić information content (AvgIpc) is 2.69. The Hall–Kier alpha value is -2.58. The Kier molecular flexibility index (Phi) is 8.09. The molecule has 7 heteroatoms. The SMILES string of the molecule is CC(C(=O)OCCCCON(O)O)c1cccc(C(=O)c2ccccc2)c1. The smallest absolute Gasteiger partial charge is 0.313 e. The van der Waals surface area contributed by atoms with Crippen LogP contribution in [0.2, 0.25) is 0 Å². The molecule has 0 spiro atoms. The van der Waals surface area contributed by atoms with Crippen LogP contribution in [0.25, 0.3) is 0 Å². The summed E-state index contributed by atoms with van der Waals surface area (Å²) in [6, 6.07) is 15.9. The van der Waals surface area contributed by atoms with Crippen LogP contribution in [0.1, 0.15) is 47.2 Å². The number of nitrogens with zero attached hydrogens (tertiary/aromatic N) is 1. The lowest BCUT2D eigenvalue weighted by molar-refractivity contribution is -0.492. The number of hydrogen-bond acceptors (Lipinski definition) is 7. The molecule has 0 aromatic heterocycles. The zero-order valence-electron chi connectivity index (χ0n) is 15.1. The van der Waals surface area contributed by atoms with E-state index in [-0.39, 0.29) is 30.4 Å². The molecule has 0 radical (unpaired) electrons. The second-order valence-corrected chi connectivity index (χ2v) is 6.00. The largest absolute Gasteiger partial charge is 0.465 e. The maximum absolute atomic E-state index is 12.5. The number of benzene rings is 2. The predicted octanol–water partition coefficient (Wildman–Crippen LogP) is 3.36. The van der Waals surface area contributed by atoms with Crippen LogP contribution < -0.4 is 0 Å². The lowest BCUT2D eigenvalue weighted by atomic mass is 9.96. The van der Waals surface area contributed by atoms with Crippen molar-refractivity contribution in [2.45, 2.75) is 25.7 Å². The molecule has 0 heterocycles. The fourth-order valence-electron chi connectivity index (χ4n) is 2.49. The molecule has 0 aliphatic heterocycles. The summed E-state index contributed by atoms with van der Waals surface area (Å²) in [6.45, 7) is 2.03. The highest BCUT2D eigenvalue weighted by molar-refractivity contribution is 6.09. The van der Waals surface area contributed by atoms with Crippen molar-refractivity contribution in [3.63, 3.8) is 0 Å². The maximum atomic E-state index is 12.5. The van der Waals surface area contributed by atoms with Gasteiger partial charge in [0.15, 0.2) is 5.78 Å². The minimum absolute atomic E-state index is 0.0974. The van der Waals surface area contributed by atoms with E-state index in [2.05, 4.69) is 4.84 Å². The fourth-order valence-corrected chi connectivity index (χ4v) is 2.49. The first-order chi connectivity index (χ1) is 13.0. The average molecular weight is 373 g/mol. The number of rotatable bonds is 10. The normalized spacial score (nSPS) is 12.0. The second kappa shape index (κ2) is 10.5. The quantitative estimate of drug-likeness (QED) is 0.285. The van der Waals surface area contributed by atoms with Gasteiger partial charge in [0.1, 0.15) is 0 Å². The summed E-state index contributed by atoms with van der Waals surface area (Å²) in [6.07, 6.45) is 1.03. The van der Waals surface area contributed by atoms with Gasteiger partial charge in [-0.3, -0.25) is 24.8 Å². The van der Waals surface area contributed by atoms with Gasteiger partial charge >= 0.3 is 5.97 Å². The zero-order valence-corrected chi connectivity index (χ0v) is 15.1. The highest BCUT2D eigenvalue weighted by atomic mass is 17.1. The maximum Gasteiger partial charge on any atom is 0.313 e. The van der Waals surface area contributed by atoms with E-state index in [1.54, 1.807) is 55.5 Å². The van der Waals surface area contributed by atoms with Crippen LogP contribution in [0.3, 0.4) is 0 Å². The Balaban J connectivity index is 1.89. The summed E-state index contributed by atoms with van der Waals surface area (Å²) in [4.78, 5) is 29.2. The van der Waals surface area contributed by atoms with Gasteiger partial charge in [-0.25, -0.2) is 0 Å². The highest BCUT2D eigenvalue weighted by Gasteiger charge is 2.18. The summed E-state index contributed by atoms with van der Waals surface area (Å²) in [5.41, 5.74) is 1.82. The van der Waals surface area contributed by atoms with Gasteiger partial charge in [0.05, 0.1) is 24.5 Å². The van der Waals surface area contributed by atoms with E-state index in [0.29, 0.717) is 29.5 Å². The van der Waals surface area contributed by atoms with E-state index >= 15 is 0 Å². The minimum atomic E-state index is -0.504. The van der Waals surface area contributed by atoms with Crippen LogP contribution in [0.4, 0.5) is 0 Å². The third-order valence-electron chi connectivity index (χ3n) is 4.03. The number of carbonyl (C=O) groups excluding carboxylic acids is 2. The van der Waals surface area contributed by atoms with Crippen molar-refractivity contribution in [1.82, 2.24) is 5.39 Å². The van der Waals surface area contributed by atoms with E-state index < -0.39 is 5.92 Å². The molecule has 144 valence electrons. The van der Waals surface area contributed by atoms with Crippen LogP contribution in [0.5, 0.6) is 0 Å². The summed E-state index contributed by atoms with van der Waals surface area (Å²) in [5.74, 6) is -0.985. The molecule has 0 aliphatic rings. The Morgan fingerprint density at radius 3 is 2.33 bits per heavy atom. The van der Waals surface area contributed by atoms with Gasteiger partial charge in [0, 0.05) is 11.1 Å². The molecule has 0 aliphatic carbocycles. The summed E-state index contributed by atoms with van der Waals surface area (Å²) >= 11 is 0. The lowest BCUT2D eigenvalue weighted by Crippen LogP contribution is -2.16. The summed E-state index contributed by atoms with van der Waals surface area (Å²) < 4.78 is 5.23. The summed E-state index contributed by atoms with van der Waals surface area (Å²) in [5, 5.41) is 16.4. The monoisotopic (exact) mass is 373 g/mol. The topological polar surface area (TPSA) is 96.3 Å². The molecule has 7 nitrogen and oxygen atoms in total. The van der Waals surface area contributed by atoms with Gasteiger partial charge in [-0.1, -0.05) is 48.5 Å². The molecular formula is C20H23NO6. The van der Waals surface area contributed by atoms with Crippen molar-refractivity contribution in [1.29, 1.82) is 0 Å². The first kappa shape index (κ1) is 20.7. The molecule has 1 unspecified atom stereocenters. The Morgan fingerprint density at radius 1 is 0.963 bits per heavy atom. The molecule has 0 saturated heterocycles. The van der Waals surface area contributed by atoms with E-state index in [1.807, 2.05) is 6.07 Å². The molecule has 2 rings (SSSR count). The van der Waals surface area contributed by atoms with Gasteiger partial charge in [-0.05, 0) is 31.4 Å². The molecule has 0 amide bonds. The number of unbranched alkanes of at least 4 members (excludes halogenated alkanes) is 1. The molecular weight excluding hydrogens is 350 g/mol. The number of ketones is 1. The first-order valence-electron chi connectivity index (χ1n) is 8.66. The van der Waals surface area contributed by atoms with Crippen molar-refractivity contribution in [2.24, 2.45) is 0 Å². The number of ether oxygens (including phenoxy) is 1. The molecule has 2 N–H and O–H groups in total. The van der Waals surface area contributed by atoms with E-state index in [1.165, 1.54) is 0 Å². The molecule has 2 aromatic rings. The Bertz CT molecular complexity index is 747. The number of carbonyl (C=O) groups is 2. The van der Waals surface area contributed by atoms with E-state index in [4.69, 9.17) is 15.2 Å². The van der Waals surface area contributed by atoms with Crippen LogP contribution in [0, 0.1) is 0 Å². The minimum Gasteiger partial charge on any atom is -0.465 e. The fraction of sp³-hybridized carbons (Fsp3) is 0.300. The van der Waals surface area contributed by atoms with Gasteiger partial charge in [0.25, 0.3) is 0 Å². The van der Waals surface area contributed by atoms with Crippen molar-refractivity contribution in [3.05, 3.63) is 71.3 Å². The van der Waals surface area contributed by atoms with E-state index in [0.717, 1.165) is 0 Å². The van der Waals surface area contributed by atoms with Crippen molar-refractivity contribution in [3.8, 4) is 0 Å². The third-order valence-corrected chi connectivity index (χ3v) is 4.03. The second-order valence-electron chi connectivity index (χ2n) is 6.00. The van der Waals surface area contributed by atoms with Crippen LogP contribution >= 0.6 is 0 Å². The molecule has 0 saturated carbocycles. The predicted molar refractivity (Wildman–Crippen MR) is 96.3 cm³/mol. The van der Waals surface area contributed by atoms with Crippen LogP contribution in [-0.2, 0) is 14.4 Å². The van der Waals surface area contributed by atoms with Gasteiger partial charge in [-0.2, -0.15) is 0 Å². The van der Waals surface area contributed by atoms with Crippen molar-refractivity contribution >= 4 is 11.8 Å². The number of esters is 1. The van der Waals surface area contributed by atoms with Gasteiger partial charge in [-0.15, -0.1) is 0 Å². The number of hydrogen-bond donors (Lipinski definition) is 2. The van der Waals surface area contributed by atoms with Gasteiger partial charge in [0.2, 0.25) is 0 Å². The van der Waals surface area contributed by atoms with Crippen molar-refractivity contribution < 1.29 is 29.6 Å². The van der Waals surface area contributed by atoms with Gasteiger partial charge < -0.3 is 4.74 Å². The van der Waals surface area contributed by atoms with E-state index in [9.17, 15) is 9.59 Å². The Morgan fingerprint density at radius 2 is 1.63 bits per heavy atom. The highest BCUT2D eigenvalue weighted by Crippen LogP contribution is 2.20. The van der Waals surface area contributed by atoms with Crippen molar-refractivity contribution in [2.75, 3.05) is 13.2 Å². The standard InChI is InChI=1S/C20H23NO6/c1-15(20(23)26-12-5-6-13-27-21(24)25)17-10-7-11-18(14-17)19(22)16-8-3-2-4-9-16/h2-4,7-11,14-15,24-25H,5-6,12-13H2,1H3. The zero-order chi connectivity index (χ0) is 19.6. The third kappa shape index (κ3) is 6.58. The summed E-state index contributed by atoms with van der Waals surface area (Å²) in [7, 11) is 0. The lowest BCUT2D eigenvalue weighted by Gasteiger charge is -2.13. The van der Waals surface area contributed by atoms with Crippen LogP contribution in [-0.4, -0.2) is 40.8 Å². The molecule has 27 heavy (non-hydrogen) atoms. The van der Waals surface area contributed by atoms with Crippen LogP contribution in [0.15, 0.2) is 54.6 Å². The first-order valence-corrected chi connectivity index (χ1v) is 8.66. The molecule has 0 fully saturated rings. The Labute approximate surface area is 157 Å². The molecule has 1 atom stereocenters. The molecule has 2 aromatic carbocycles.